The van der Waals surface area contributed by atoms with Crippen LogP contribution in [0.15, 0.2) is 130 Å². The molecule has 0 saturated heterocycles. The third kappa shape index (κ3) is 7.70. The van der Waals surface area contributed by atoms with Crippen molar-refractivity contribution >= 4 is 27.8 Å². The molecular formula is C42H40N4O7. The number of furan rings is 2. The first kappa shape index (κ1) is 36.2. The van der Waals surface area contributed by atoms with E-state index in [-0.39, 0.29) is 19.8 Å². The van der Waals surface area contributed by atoms with Gasteiger partial charge in [0.15, 0.2) is 11.5 Å². The molecule has 11 heteroatoms. The van der Waals surface area contributed by atoms with Gasteiger partial charge in [-0.2, -0.15) is 10.2 Å². The second-order valence-corrected chi connectivity index (χ2v) is 11.8. The number of esters is 1. The molecule has 0 aliphatic heterocycles. The molecule has 0 spiro atoms. The van der Waals surface area contributed by atoms with E-state index in [1.807, 2.05) is 88.2 Å². The number of methoxy groups -OCH3 is 3. The second-order valence-electron chi connectivity index (χ2n) is 11.8. The number of benzene rings is 4. The summed E-state index contributed by atoms with van der Waals surface area (Å²) in [5.41, 5.74) is 5.61. The van der Waals surface area contributed by atoms with E-state index in [0.29, 0.717) is 36.1 Å². The lowest BCUT2D eigenvalue weighted by Crippen LogP contribution is -2.01. The van der Waals surface area contributed by atoms with E-state index in [1.54, 1.807) is 32.4 Å². The van der Waals surface area contributed by atoms with Gasteiger partial charge in [-0.15, -0.1) is 0 Å². The van der Waals surface area contributed by atoms with E-state index < -0.39 is 5.97 Å². The fourth-order valence-corrected chi connectivity index (χ4v) is 5.94. The minimum atomic E-state index is -0.518. The smallest absolute Gasteiger partial charge is 0.373 e. The summed E-state index contributed by atoms with van der Waals surface area (Å²) in [6.45, 7) is 1.13. The van der Waals surface area contributed by atoms with Gasteiger partial charge in [-0.25, -0.2) is 4.79 Å². The summed E-state index contributed by atoms with van der Waals surface area (Å²) in [6.07, 6.45) is 0. The van der Waals surface area contributed by atoms with Crippen LogP contribution < -0.4 is 9.47 Å². The minimum Gasteiger partial charge on any atom is -0.497 e. The van der Waals surface area contributed by atoms with Crippen LogP contribution >= 0.6 is 0 Å². The Morgan fingerprint density at radius 3 is 1.58 bits per heavy atom. The van der Waals surface area contributed by atoms with Crippen LogP contribution in [0.25, 0.3) is 44.7 Å². The summed E-state index contributed by atoms with van der Waals surface area (Å²) in [6, 6.07) is 38.8. The Labute approximate surface area is 306 Å². The zero-order valence-electron chi connectivity index (χ0n) is 28.9. The highest BCUT2D eigenvalue weighted by molar-refractivity contribution is 5.94. The van der Waals surface area contributed by atoms with E-state index in [2.05, 4.69) is 24.3 Å². The molecule has 0 aliphatic carbocycles. The Morgan fingerprint density at radius 2 is 1.13 bits per heavy atom. The summed E-state index contributed by atoms with van der Waals surface area (Å²) in [4.78, 5) is 11.7. The minimum absolute atomic E-state index is 0. The van der Waals surface area contributed by atoms with Crippen molar-refractivity contribution in [1.82, 2.24) is 19.6 Å². The van der Waals surface area contributed by atoms with Gasteiger partial charge in [0, 0.05) is 22.9 Å². The number of hydrogen-bond acceptors (Lipinski definition) is 9. The van der Waals surface area contributed by atoms with Gasteiger partial charge in [-0.3, -0.25) is 9.36 Å². The Balaban J connectivity index is 0.000000178. The molecule has 53 heavy (non-hydrogen) atoms. The van der Waals surface area contributed by atoms with Gasteiger partial charge in [0.25, 0.3) is 0 Å². The van der Waals surface area contributed by atoms with Gasteiger partial charge >= 0.3 is 5.97 Å². The number of aliphatic hydroxyl groups is 1. The lowest BCUT2D eigenvalue weighted by Gasteiger charge is -2.05. The average molecular weight is 713 g/mol. The fourth-order valence-electron chi connectivity index (χ4n) is 5.94. The quantitative estimate of drug-likeness (QED) is 0.139. The Kier molecular flexibility index (Phi) is 11.1. The number of carbonyl (C=O) groups excluding carboxylic acids is 1. The molecule has 0 amide bonds. The van der Waals surface area contributed by atoms with Crippen molar-refractivity contribution in [3.63, 3.8) is 0 Å². The Hall–Kier alpha value is -6.59. The zero-order valence-corrected chi connectivity index (χ0v) is 28.9. The van der Waals surface area contributed by atoms with Crippen LogP contribution in [0.1, 0.15) is 34.9 Å². The van der Waals surface area contributed by atoms with E-state index >= 15 is 0 Å². The van der Waals surface area contributed by atoms with E-state index in [9.17, 15) is 9.90 Å². The zero-order chi connectivity index (χ0) is 36.0. The molecule has 0 bridgehead atoms. The van der Waals surface area contributed by atoms with Crippen molar-refractivity contribution in [2.24, 2.45) is 0 Å². The molecule has 0 unspecified atom stereocenters. The molecular weight excluding hydrogens is 672 g/mol. The summed E-state index contributed by atoms with van der Waals surface area (Å²) in [7, 11) is 4.61. The van der Waals surface area contributed by atoms with Gasteiger partial charge in [-0.1, -0.05) is 68.1 Å². The molecule has 11 nitrogen and oxygen atoms in total. The Bertz CT molecular complexity index is 2440. The molecule has 0 fully saturated rings. The van der Waals surface area contributed by atoms with Gasteiger partial charge in [-0.05, 0) is 59.7 Å². The molecule has 0 saturated carbocycles. The lowest BCUT2D eigenvalue weighted by molar-refractivity contribution is 0.0566. The fraction of sp³-hybridized carbons (Fsp3) is 0.167. The van der Waals surface area contributed by atoms with Crippen molar-refractivity contribution < 1.29 is 32.9 Å². The molecule has 0 atom stereocenters. The standard InChI is InChI=1S/C21H18N2O4.C20H18N2O3.CH4/c1-25-15-8-9-16-17(12-15)23(13-14-6-4-3-5-7-14)22-20(16)18-10-11-19(27-18)21(24)26-2;1-24-15-7-9-17-18(11-15)22(12-14-5-3-2-4-6-14)21-20(17)19-10-8-16(13-23)25-19;/h3-12H,13H2,1-2H3;2-11,23H,12-13H2,1H3;1H4. The summed E-state index contributed by atoms with van der Waals surface area (Å²) in [5.74, 6) is 2.84. The van der Waals surface area contributed by atoms with E-state index in [0.717, 1.165) is 50.1 Å². The number of aromatic nitrogens is 4. The van der Waals surface area contributed by atoms with Crippen molar-refractivity contribution in [3.8, 4) is 34.4 Å². The summed E-state index contributed by atoms with van der Waals surface area (Å²) < 4.78 is 30.7. The number of ether oxygens (including phenoxy) is 3. The van der Waals surface area contributed by atoms with Crippen LogP contribution in [-0.2, 0) is 24.4 Å². The second kappa shape index (κ2) is 16.2. The van der Waals surface area contributed by atoms with Gasteiger partial charge in [0.05, 0.1) is 45.5 Å². The van der Waals surface area contributed by atoms with Crippen LogP contribution in [0.4, 0.5) is 0 Å². The number of aliphatic hydroxyl groups excluding tert-OH is 1. The van der Waals surface area contributed by atoms with Gasteiger partial charge < -0.3 is 28.2 Å². The van der Waals surface area contributed by atoms with Crippen LogP contribution in [-0.4, -0.2) is 52.0 Å². The van der Waals surface area contributed by atoms with Crippen LogP contribution in [0.5, 0.6) is 11.5 Å². The third-order valence-corrected chi connectivity index (χ3v) is 8.54. The highest BCUT2D eigenvalue weighted by atomic mass is 16.5. The molecule has 0 radical (unpaired) electrons. The molecule has 1 N–H and O–H groups in total. The monoisotopic (exact) mass is 712 g/mol. The van der Waals surface area contributed by atoms with E-state index in [1.165, 1.54) is 7.11 Å². The van der Waals surface area contributed by atoms with Crippen LogP contribution in [0, 0.1) is 0 Å². The van der Waals surface area contributed by atoms with Crippen LogP contribution in [0.3, 0.4) is 0 Å². The average Bonchev–Trinajstić information content (AvgIpc) is 4.01. The topological polar surface area (TPSA) is 127 Å². The molecule has 4 aromatic heterocycles. The molecule has 4 aromatic carbocycles. The van der Waals surface area contributed by atoms with E-state index in [4.69, 9.17) is 33.2 Å². The maximum absolute atomic E-state index is 11.7. The number of rotatable bonds is 10. The van der Waals surface area contributed by atoms with Gasteiger partial charge in [0.1, 0.15) is 35.3 Å². The summed E-state index contributed by atoms with van der Waals surface area (Å²) >= 11 is 0. The number of hydrogen-bond donors (Lipinski definition) is 1. The normalized spacial score (nSPS) is 10.8. The van der Waals surface area contributed by atoms with Crippen LogP contribution in [0.2, 0.25) is 0 Å². The largest absolute Gasteiger partial charge is 0.497 e. The first-order valence-electron chi connectivity index (χ1n) is 16.5. The number of carbonyl (C=O) groups is 1. The number of nitrogens with zero attached hydrogens (tertiary/aromatic N) is 4. The van der Waals surface area contributed by atoms with Crippen molar-refractivity contribution in [2.45, 2.75) is 27.1 Å². The Morgan fingerprint density at radius 1 is 0.642 bits per heavy atom. The maximum atomic E-state index is 11.7. The third-order valence-electron chi connectivity index (χ3n) is 8.54. The maximum Gasteiger partial charge on any atom is 0.373 e. The predicted molar refractivity (Wildman–Crippen MR) is 203 cm³/mol. The predicted octanol–water partition coefficient (Wildman–Crippen LogP) is 8.62. The highest BCUT2D eigenvalue weighted by Gasteiger charge is 2.20. The molecule has 270 valence electrons. The van der Waals surface area contributed by atoms with Crippen molar-refractivity contribution in [2.75, 3.05) is 21.3 Å². The molecule has 8 rings (SSSR count). The van der Waals surface area contributed by atoms with Crippen molar-refractivity contribution in [1.29, 1.82) is 0 Å². The van der Waals surface area contributed by atoms with Gasteiger partial charge in [0.2, 0.25) is 5.76 Å². The number of fused-ring (bicyclic) bond motifs is 2. The first-order valence-corrected chi connectivity index (χ1v) is 16.5. The molecule has 8 aromatic rings. The summed E-state index contributed by atoms with van der Waals surface area (Å²) in [5, 5.41) is 20.6. The van der Waals surface area contributed by atoms with Crippen molar-refractivity contribution in [3.05, 3.63) is 144 Å². The molecule has 4 heterocycles. The SMILES string of the molecule is C.COC(=O)c1ccc(-c2nn(Cc3ccccc3)c3cc(OC)ccc23)o1.COc1ccc2c(-c3ccc(CO)o3)nn(Cc3ccccc3)c2c1. The highest BCUT2D eigenvalue weighted by Crippen LogP contribution is 2.33. The lowest BCUT2D eigenvalue weighted by atomic mass is 10.1. The first-order chi connectivity index (χ1) is 25.5. The molecule has 0 aliphatic rings.